The lowest BCUT2D eigenvalue weighted by Gasteiger charge is -2.17. The van der Waals surface area contributed by atoms with Crippen LogP contribution in [-0.4, -0.2) is 11.9 Å². The average molecular weight is 248 g/mol. The molecule has 1 aromatic carbocycles. The fourth-order valence-corrected chi connectivity index (χ4v) is 1.96. The fraction of sp³-hybridized carbons (Fsp3) is 0.533. The molecule has 0 saturated heterocycles. The highest BCUT2D eigenvalue weighted by molar-refractivity contribution is 5.76. The first kappa shape index (κ1) is 14.7. The zero-order valence-electron chi connectivity index (χ0n) is 11.4. The third kappa shape index (κ3) is 5.32. The van der Waals surface area contributed by atoms with Crippen molar-refractivity contribution in [3.63, 3.8) is 0 Å². The van der Waals surface area contributed by atoms with E-state index in [9.17, 15) is 4.79 Å². The second-order valence-corrected chi connectivity index (χ2v) is 4.81. The highest BCUT2D eigenvalue weighted by Crippen LogP contribution is 2.16. The Morgan fingerprint density at radius 3 is 2.56 bits per heavy atom. The van der Waals surface area contributed by atoms with Gasteiger partial charge >= 0.3 is 0 Å². The molecule has 0 aliphatic rings. The number of rotatable bonds is 7. The minimum atomic E-state index is 0.117. The molecule has 3 nitrogen and oxygen atoms in total. The molecule has 0 aliphatic carbocycles. The summed E-state index contributed by atoms with van der Waals surface area (Å²) in [6.45, 7) is 4.05. The standard InChI is InChI=1S/C15H24N2O/c1-3-14(13-9-5-4-6-10-13)17-15(18)11-7-8-12(2)16/h4-6,9-10,12,14H,3,7-8,11,16H2,1-2H3,(H,17,18). The Balaban J connectivity index is 2.41. The smallest absolute Gasteiger partial charge is 0.220 e. The monoisotopic (exact) mass is 248 g/mol. The maximum Gasteiger partial charge on any atom is 0.220 e. The Morgan fingerprint density at radius 2 is 2.00 bits per heavy atom. The van der Waals surface area contributed by atoms with Gasteiger partial charge in [-0.05, 0) is 31.7 Å². The van der Waals surface area contributed by atoms with Crippen LogP contribution in [0.3, 0.4) is 0 Å². The molecular formula is C15H24N2O. The Morgan fingerprint density at radius 1 is 1.33 bits per heavy atom. The molecule has 0 fully saturated rings. The first-order valence-corrected chi connectivity index (χ1v) is 6.73. The predicted octanol–water partition coefficient (Wildman–Crippen LogP) is 2.77. The average Bonchev–Trinajstić information content (AvgIpc) is 2.36. The number of hydrogen-bond donors (Lipinski definition) is 2. The maximum atomic E-state index is 11.8. The molecule has 0 bridgehead atoms. The van der Waals surface area contributed by atoms with Gasteiger partial charge in [0.1, 0.15) is 0 Å². The minimum Gasteiger partial charge on any atom is -0.349 e. The van der Waals surface area contributed by atoms with Crippen LogP contribution in [0.15, 0.2) is 30.3 Å². The van der Waals surface area contributed by atoms with Crippen molar-refractivity contribution in [2.24, 2.45) is 5.73 Å². The number of nitrogens with one attached hydrogen (secondary N) is 1. The summed E-state index contributed by atoms with van der Waals surface area (Å²) in [7, 11) is 0. The molecule has 0 radical (unpaired) electrons. The minimum absolute atomic E-state index is 0.117. The van der Waals surface area contributed by atoms with Gasteiger partial charge in [0.2, 0.25) is 5.91 Å². The van der Waals surface area contributed by atoms with Gasteiger partial charge in [-0.2, -0.15) is 0 Å². The zero-order chi connectivity index (χ0) is 13.4. The van der Waals surface area contributed by atoms with E-state index < -0.39 is 0 Å². The number of hydrogen-bond acceptors (Lipinski definition) is 2. The second-order valence-electron chi connectivity index (χ2n) is 4.81. The van der Waals surface area contributed by atoms with Gasteiger partial charge in [-0.1, -0.05) is 37.3 Å². The van der Waals surface area contributed by atoms with Crippen molar-refractivity contribution in [2.45, 2.75) is 51.6 Å². The van der Waals surface area contributed by atoms with Gasteiger partial charge in [-0.25, -0.2) is 0 Å². The van der Waals surface area contributed by atoms with Gasteiger partial charge in [0, 0.05) is 12.5 Å². The van der Waals surface area contributed by atoms with E-state index in [2.05, 4.69) is 24.4 Å². The van der Waals surface area contributed by atoms with Crippen LogP contribution >= 0.6 is 0 Å². The molecule has 18 heavy (non-hydrogen) atoms. The number of amides is 1. The van der Waals surface area contributed by atoms with Crippen molar-refractivity contribution in [3.05, 3.63) is 35.9 Å². The Kier molecular flexibility index (Phi) is 6.44. The highest BCUT2D eigenvalue weighted by Gasteiger charge is 2.11. The number of nitrogens with two attached hydrogens (primary N) is 1. The van der Waals surface area contributed by atoms with Crippen LogP contribution < -0.4 is 11.1 Å². The molecule has 0 aromatic heterocycles. The summed E-state index contributed by atoms with van der Waals surface area (Å²) in [5.41, 5.74) is 6.83. The van der Waals surface area contributed by atoms with Crippen molar-refractivity contribution in [2.75, 3.05) is 0 Å². The van der Waals surface area contributed by atoms with Crippen LogP contribution in [0.1, 0.15) is 51.1 Å². The molecular weight excluding hydrogens is 224 g/mol. The zero-order valence-corrected chi connectivity index (χ0v) is 11.4. The number of carbonyl (C=O) groups is 1. The molecule has 1 rings (SSSR count). The molecule has 0 spiro atoms. The van der Waals surface area contributed by atoms with Gasteiger partial charge < -0.3 is 11.1 Å². The Bertz CT molecular complexity index is 349. The number of benzene rings is 1. The molecule has 3 N–H and O–H groups in total. The van der Waals surface area contributed by atoms with Crippen LogP contribution in [0.5, 0.6) is 0 Å². The third-order valence-corrected chi connectivity index (χ3v) is 3.01. The molecule has 0 aliphatic heterocycles. The number of carbonyl (C=O) groups excluding carboxylic acids is 1. The lowest BCUT2D eigenvalue weighted by molar-refractivity contribution is -0.122. The summed E-state index contributed by atoms with van der Waals surface area (Å²) in [5.74, 6) is 0.117. The van der Waals surface area contributed by atoms with Crippen molar-refractivity contribution >= 4 is 5.91 Å². The van der Waals surface area contributed by atoms with Crippen molar-refractivity contribution < 1.29 is 4.79 Å². The van der Waals surface area contributed by atoms with Crippen LogP contribution in [0.4, 0.5) is 0 Å². The van der Waals surface area contributed by atoms with E-state index >= 15 is 0 Å². The molecule has 100 valence electrons. The quantitative estimate of drug-likeness (QED) is 0.779. The Hall–Kier alpha value is -1.35. The van der Waals surface area contributed by atoms with Gasteiger partial charge in [0.05, 0.1) is 6.04 Å². The van der Waals surface area contributed by atoms with Crippen LogP contribution in [0.2, 0.25) is 0 Å². The SMILES string of the molecule is CCC(NC(=O)CCCC(C)N)c1ccccc1. The fourth-order valence-electron chi connectivity index (χ4n) is 1.96. The van der Waals surface area contributed by atoms with E-state index in [1.165, 1.54) is 5.56 Å². The summed E-state index contributed by atoms with van der Waals surface area (Å²) < 4.78 is 0. The second kappa shape index (κ2) is 7.88. The molecule has 1 amide bonds. The van der Waals surface area contributed by atoms with E-state index in [1.807, 2.05) is 25.1 Å². The maximum absolute atomic E-state index is 11.8. The summed E-state index contributed by atoms with van der Waals surface area (Å²) in [6, 6.07) is 10.4. The summed E-state index contributed by atoms with van der Waals surface area (Å²) >= 11 is 0. The van der Waals surface area contributed by atoms with Crippen LogP contribution in [-0.2, 0) is 4.79 Å². The molecule has 3 heteroatoms. The summed E-state index contributed by atoms with van der Waals surface area (Å²) in [6.07, 6.45) is 3.22. The topological polar surface area (TPSA) is 55.1 Å². The normalized spacial score (nSPS) is 13.9. The third-order valence-electron chi connectivity index (χ3n) is 3.01. The van der Waals surface area contributed by atoms with Crippen LogP contribution in [0, 0.1) is 0 Å². The van der Waals surface area contributed by atoms with Gasteiger partial charge in [-0.3, -0.25) is 4.79 Å². The predicted molar refractivity (Wildman–Crippen MR) is 75.1 cm³/mol. The van der Waals surface area contributed by atoms with E-state index in [1.54, 1.807) is 0 Å². The molecule has 0 heterocycles. The van der Waals surface area contributed by atoms with Crippen molar-refractivity contribution in [1.29, 1.82) is 0 Å². The lowest BCUT2D eigenvalue weighted by atomic mass is 10.0. The first-order valence-electron chi connectivity index (χ1n) is 6.73. The summed E-state index contributed by atoms with van der Waals surface area (Å²) in [5, 5.41) is 3.08. The van der Waals surface area contributed by atoms with Gasteiger partial charge in [-0.15, -0.1) is 0 Å². The highest BCUT2D eigenvalue weighted by atomic mass is 16.1. The van der Waals surface area contributed by atoms with E-state index in [4.69, 9.17) is 5.73 Å². The molecule has 1 aromatic rings. The van der Waals surface area contributed by atoms with E-state index in [0.29, 0.717) is 6.42 Å². The van der Waals surface area contributed by atoms with Crippen molar-refractivity contribution in [3.8, 4) is 0 Å². The van der Waals surface area contributed by atoms with Gasteiger partial charge in [0.25, 0.3) is 0 Å². The van der Waals surface area contributed by atoms with E-state index in [-0.39, 0.29) is 18.0 Å². The van der Waals surface area contributed by atoms with Crippen molar-refractivity contribution in [1.82, 2.24) is 5.32 Å². The van der Waals surface area contributed by atoms with Crippen LogP contribution in [0.25, 0.3) is 0 Å². The molecule has 0 saturated carbocycles. The molecule has 2 unspecified atom stereocenters. The lowest BCUT2D eigenvalue weighted by Crippen LogP contribution is -2.28. The Labute approximate surface area is 110 Å². The first-order chi connectivity index (χ1) is 8.63. The largest absolute Gasteiger partial charge is 0.349 e. The van der Waals surface area contributed by atoms with E-state index in [0.717, 1.165) is 19.3 Å². The molecule has 2 atom stereocenters. The van der Waals surface area contributed by atoms with Gasteiger partial charge in [0.15, 0.2) is 0 Å². The summed E-state index contributed by atoms with van der Waals surface area (Å²) in [4.78, 5) is 11.8.